The standard InChI is InChI=1S/C58H96N16O12/c59-26-12-10-22-39(49(63)78)67-55(84)45(34-48(76)77)72-54(83)44(33-47(62)75)73-56(85)46-25-15-29-74(46)57(86)41(23-11-13-27-60)69-51(80)40(24-14-28-66-58(64)65)68-52(81)43(32-37-20-8-3-9-21-37)71-53(82)42(31-36-18-6-2-7-19-36)70-50(79)38(61)30-35-16-4-1-5-17-35/h1,4-5,16-17,36-46H,2-3,6-15,18-34,59-61H2,(H2,62,75)(H2,63,78)(H,67,84)(H,68,81)(H,69,80)(H,70,79)(H,71,82)(H,72,83)(H,73,85)(H,76,77)(H4,64,65,66)/t38-,39-,40-,41-,42-,43-,44-,45-,46-/m0/s1. The maximum Gasteiger partial charge on any atom is 0.305 e. The predicted octanol–water partition coefficient (Wildman–Crippen LogP) is -1.97. The molecule has 22 N–H and O–H groups in total. The van der Waals surface area contributed by atoms with E-state index in [2.05, 4.69) is 42.2 Å². The molecule has 1 aliphatic heterocycles. The third kappa shape index (κ3) is 25.2. The number of unbranched alkanes of at least 4 members (excludes halogenated alkanes) is 2. The van der Waals surface area contributed by atoms with Crippen molar-refractivity contribution in [1.82, 2.24) is 42.1 Å². The van der Waals surface area contributed by atoms with Gasteiger partial charge in [-0.25, -0.2) is 0 Å². The molecule has 3 fully saturated rings. The van der Waals surface area contributed by atoms with Gasteiger partial charge in [0.2, 0.25) is 59.1 Å². The summed E-state index contributed by atoms with van der Waals surface area (Å²) in [7, 11) is 0. The lowest BCUT2D eigenvalue weighted by Crippen LogP contribution is -2.60. The van der Waals surface area contributed by atoms with Crippen molar-refractivity contribution >= 4 is 71.0 Å². The van der Waals surface area contributed by atoms with Crippen molar-refractivity contribution in [3.63, 3.8) is 0 Å². The number of nitrogens with zero attached hydrogens (tertiary/aromatic N) is 2. The highest BCUT2D eigenvalue weighted by Crippen LogP contribution is 2.30. The number of hydrogen-bond donors (Lipinski definition) is 15. The van der Waals surface area contributed by atoms with Crippen LogP contribution >= 0.6 is 0 Å². The second kappa shape index (κ2) is 37.9. The van der Waals surface area contributed by atoms with Crippen LogP contribution in [-0.4, -0.2) is 162 Å². The molecule has 28 heteroatoms. The first kappa shape index (κ1) is 71.0. The van der Waals surface area contributed by atoms with Crippen LogP contribution < -0.4 is 77.4 Å². The Morgan fingerprint density at radius 2 is 0.988 bits per heavy atom. The minimum absolute atomic E-state index is 0.0163. The summed E-state index contributed by atoms with van der Waals surface area (Å²) in [6.45, 7) is 0.615. The number of rotatable bonds is 38. The highest BCUT2D eigenvalue weighted by atomic mass is 16.4. The summed E-state index contributed by atoms with van der Waals surface area (Å²) in [4.78, 5) is 156. The van der Waals surface area contributed by atoms with Crippen LogP contribution in [0.4, 0.5) is 0 Å². The third-order valence-corrected chi connectivity index (χ3v) is 16.1. The Labute approximate surface area is 503 Å². The molecule has 28 nitrogen and oxygen atoms in total. The topological polar surface area (TPSA) is 490 Å². The van der Waals surface area contributed by atoms with E-state index in [0.717, 1.165) is 69.8 Å². The summed E-state index contributed by atoms with van der Waals surface area (Å²) in [6, 6.07) is -2.59. The zero-order chi connectivity index (χ0) is 63.1. The number of aliphatic carboxylic acids is 1. The first-order valence-electron chi connectivity index (χ1n) is 30.6. The van der Waals surface area contributed by atoms with E-state index in [1.165, 1.54) is 4.90 Å². The van der Waals surface area contributed by atoms with Gasteiger partial charge in [-0.2, -0.15) is 0 Å². The van der Waals surface area contributed by atoms with Gasteiger partial charge in [-0.3, -0.25) is 57.7 Å². The lowest BCUT2D eigenvalue weighted by Gasteiger charge is -2.32. The van der Waals surface area contributed by atoms with Crippen LogP contribution in [0.5, 0.6) is 0 Å². The Bertz CT molecular complexity index is 2440. The van der Waals surface area contributed by atoms with E-state index >= 15 is 0 Å². The van der Waals surface area contributed by atoms with Crippen LogP contribution in [0.1, 0.15) is 160 Å². The molecule has 86 heavy (non-hydrogen) atoms. The molecular weight excluding hydrogens is 1110 g/mol. The first-order chi connectivity index (χ1) is 41.1. The van der Waals surface area contributed by atoms with Crippen molar-refractivity contribution in [2.75, 3.05) is 26.2 Å². The van der Waals surface area contributed by atoms with Crippen molar-refractivity contribution in [3.05, 3.63) is 35.9 Å². The molecule has 0 aromatic heterocycles. The van der Waals surface area contributed by atoms with Crippen LogP contribution in [0.3, 0.4) is 0 Å². The summed E-state index contributed by atoms with van der Waals surface area (Å²) < 4.78 is 0. The molecule has 1 heterocycles. The van der Waals surface area contributed by atoms with Crippen molar-refractivity contribution in [3.8, 4) is 0 Å². The summed E-state index contributed by atoms with van der Waals surface area (Å²) in [6.07, 6.45) is 10.5. The fraction of sp³-hybridized carbons (Fsp3) is 0.690. The molecule has 0 bridgehead atoms. The van der Waals surface area contributed by atoms with Crippen molar-refractivity contribution in [1.29, 1.82) is 0 Å². The molecule has 3 aliphatic rings. The molecule has 1 aromatic carbocycles. The first-order valence-corrected chi connectivity index (χ1v) is 30.6. The van der Waals surface area contributed by atoms with Crippen LogP contribution in [0, 0.1) is 11.8 Å². The van der Waals surface area contributed by atoms with Gasteiger partial charge in [-0.05, 0) is 114 Å². The number of hydrogen-bond acceptors (Lipinski definition) is 15. The number of nitrogens with two attached hydrogens (primary N) is 7. The molecule has 1 saturated heterocycles. The molecule has 4 rings (SSSR count). The number of carboxylic acids is 1. The Morgan fingerprint density at radius 3 is 1.51 bits per heavy atom. The smallest absolute Gasteiger partial charge is 0.305 e. The second-order valence-electron chi connectivity index (χ2n) is 23.1. The van der Waals surface area contributed by atoms with E-state index in [0.29, 0.717) is 38.6 Å². The summed E-state index contributed by atoms with van der Waals surface area (Å²) in [5.41, 5.74) is 40.9. The number of guanidine groups is 1. The molecular formula is C58H96N16O12. The Balaban J connectivity index is 1.59. The second-order valence-corrected chi connectivity index (χ2v) is 23.1. The van der Waals surface area contributed by atoms with Crippen molar-refractivity contribution in [2.24, 2.45) is 57.0 Å². The van der Waals surface area contributed by atoms with Gasteiger partial charge in [0, 0.05) is 13.1 Å². The van der Waals surface area contributed by atoms with Crippen LogP contribution in [0.25, 0.3) is 0 Å². The van der Waals surface area contributed by atoms with Crippen LogP contribution in [-0.2, 0) is 59.2 Å². The highest BCUT2D eigenvalue weighted by molar-refractivity contribution is 6.00. The molecule has 0 unspecified atom stereocenters. The van der Waals surface area contributed by atoms with E-state index < -0.39 is 132 Å². The van der Waals surface area contributed by atoms with Gasteiger partial charge >= 0.3 is 5.97 Å². The quantitative estimate of drug-likeness (QED) is 0.0194. The van der Waals surface area contributed by atoms with Crippen LogP contribution in [0.2, 0.25) is 0 Å². The predicted molar refractivity (Wildman–Crippen MR) is 320 cm³/mol. The van der Waals surface area contributed by atoms with Gasteiger partial charge in [0.15, 0.2) is 5.96 Å². The Kier molecular flexibility index (Phi) is 31.3. The number of aliphatic imine (C=N–C) groups is 1. The maximum atomic E-state index is 14.8. The largest absolute Gasteiger partial charge is 0.481 e. The Morgan fingerprint density at radius 1 is 0.523 bits per heavy atom. The SMILES string of the molecule is NCCCC[C@H](NC(=O)[C@H](CC(=O)O)NC(=O)[C@H](CC(N)=O)NC(=O)[C@@H]1CCCN1C(=O)[C@H](CCCCN)NC(=O)[C@H](CCCN=C(N)N)NC(=O)[C@H](CC1CCCCC1)NC(=O)[C@H](CC1CCCCC1)NC(=O)[C@@H](N)Cc1ccccc1)C(N)=O. The monoisotopic (exact) mass is 1210 g/mol. The van der Waals surface area contributed by atoms with Crippen molar-refractivity contribution < 1.29 is 57.8 Å². The average Bonchev–Trinajstić information content (AvgIpc) is 2.96. The average molecular weight is 1210 g/mol. The number of carbonyl (C=O) groups excluding carboxylic acids is 10. The molecule has 2 saturated carbocycles. The number of nitrogens with one attached hydrogen (secondary N) is 7. The van der Waals surface area contributed by atoms with Crippen LogP contribution in [0.15, 0.2) is 35.3 Å². The summed E-state index contributed by atoms with van der Waals surface area (Å²) in [5.74, 6) is -9.92. The zero-order valence-corrected chi connectivity index (χ0v) is 49.6. The minimum Gasteiger partial charge on any atom is -0.481 e. The Hall–Kier alpha value is -7.46. The number of amides is 10. The van der Waals surface area contributed by atoms with E-state index in [1.54, 1.807) is 0 Å². The van der Waals surface area contributed by atoms with E-state index in [4.69, 9.17) is 40.1 Å². The molecule has 2 aliphatic carbocycles. The highest BCUT2D eigenvalue weighted by Gasteiger charge is 2.41. The molecule has 480 valence electrons. The van der Waals surface area contributed by atoms with E-state index in [-0.39, 0.29) is 88.8 Å². The molecule has 1 aromatic rings. The number of primary amides is 2. The van der Waals surface area contributed by atoms with E-state index in [1.807, 2.05) is 30.3 Å². The summed E-state index contributed by atoms with van der Waals surface area (Å²) in [5, 5.41) is 28.2. The lowest BCUT2D eigenvalue weighted by molar-refractivity contribution is -0.143. The zero-order valence-electron chi connectivity index (χ0n) is 49.6. The molecule has 10 amide bonds. The molecule has 0 radical (unpaired) electrons. The van der Waals surface area contributed by atoms with Gasteiger partial charge in [0.1, 0.15) is 48.3 Å². The minimum atomic E-state index is -1.81. The number of carboxylic acid groups (broad SMARTS) is 1. The normalized spacial score (nSPS) is 18.2. The number of carbonyl (C=O) groups is 11. The van der Waals surface area contributed by atoms with Gasteiger partial charge < -0.3 is 87.4 Å². The molecule has 0 spiro atoms. The lowest BCUT2D eigenvalue weighted by atomic mass is 9.83. The van der Waals surface area contributed by atoms with Crippen molar-refractivity contribution in [2.45, 2.75) is 215 Å². The fourth-order valence-electron chi connectivity index (χ4n) is 11.4. The summed E-state index contributed by atoms with van der Waals surface area (Å²) >= 11 is 0. The van der Waals surface area contributed by atoms with Gasteiger partial charge in [0.25, 0.3) is 0 Å². The third-order valence-electron chi connectivity index (χ3n) is 16.1. The maximum absolute atomic E-state index is 14.8. The van der Waals surface area contributed by atoms with E-state index in [9.17, 15) is 57.8 Å². The molecule has 9 atom stereocenters. The van der Waals surface area contributed by atoms with Gasteiger partial charge in [0.05, 0.1) is 18.9 Å². The van der Waals surface area contributed by atoms with Gasteiger partial charge in [-0.1, -0.05) is 94.5 Å². The fourth-order valence-corrected chi connectivity index (χ4v) is 11.4. The number of benzene rings is 1. The van der Waals surface area contributed by atoms with Gasteiger partial charge in [-0.15, -0.1) is 0 Å². The number of likely N-dealkylation sites (tertiary alicyclic amines) is 1.